The van der Waals surface area contributed by atoms with Gasteiger partial charge in [0.15, 0.2) is 6.29 Å². The zero-order valence-electron chi connectivity index (χ0n) is 33.4. The summed E-state index contributed by atoms with van der Waals surface area (Å²) in [5.74, 6) is 4.29. The van der Waals surface area contributed by atoms with E-state index in [-0.39, 0.29) is 59.4 Å². The molecule has 12 heteroatoms. The van der Waals surface area contributed by atoms with Crippen LogP contribution in [0.2, 0.25) is 0 Å². The fourth-order valence-electron chi connectivity index (χ4n) is 14.1. The number of benzene rings is 1. The largest absolute Gasteiger partial charge is 0.513 e. The third-order valence-corrected chi connectivity index (χ3v) is 16.8. The molecule has 0 aromatic heterocycles. The van der Waals surface area contributed by atoms with Crippen molar-refractivity contribution in [3.8, 4) is 5.75 Å². The van der Waals surface area contributed by atoms with Gasteiger partial charge < -0.3 is 33.7 Å². The zero-order chi connectivity index (χ0) is 38.9. The van der Waals surface area contributed by atoms with Crippen LogP contribution in [0.25, 0.3) is 0 Å². The molecule has 8 fully saturated rings. The summed E-state index contributed by atoms with van der Waals surface area (Å²) in [4.78, 5) is 37.8. The quantitative estimate of drug-likeness (QED) is 0.122. The molecule has 0 radical (unpaired) electrons. The number of amides is 1. The Morgan fingerprint density at radius 1 is 0.945 bits per heavy atom. The molecule has 6 aliphatic carbocycles. The third kappa shape index (κ3) is 6.40. The summed E-state index contributed by atoms with van der Waals surface area (Å²) in [6.45, 7) is 12.0. The minimum atomic E-state index is -0.821. The zero-order valence-corrected chi connectivity index (χ0v) is 33.4. The summed E-state index contributed by atoms with van der Waals surface area (Å²) in [5, 5.41) is 17.9. The molecule has 12 nitrogen and oxygen atoms in total. The van der Waals surface area contributed by atoms with E-state index in [4.69, 9.17) is 28.8 Å². The lowest BCUT2D eigenvalue weighted by molar-refractivity contribution is -0.384. The average Bonchev–Trinajstić information content (AvgIpc) is 4.06. The molecule has 1 N–H and O–H groups in total. The summed E-state index contributed by atoms with van der Waals surface area (Å²) in [6.07, 6.45) is 12.5. The monoisotopic (exact) mass is 766 g/mol. The van der Waals surface area contributed by atoms with Crippen molar-refractivity contribution < 1.29 is 43.3 Å². The maximum absolute atomic E-state index is 12.9. The first-order valence-corrected chi connectivity index (χ1v) is 21.1. The number of carbonyl (C=O) groups excluding carboxylic acids is 2. The van der Waals surface area contributed by atoms with Crippen molar-refractivity contribution in [3.63, 3.8) is 0 Å². The second kappa shape index (κ2) is 14.5. The molecule has 2 heterocycles. The van der Waals surface area contributed by atoms with Gasteiger partial charge in [0.05, 0.1) is 36.4 Å². The number of aliphatic hydroxyl groups excluding tert-OH is 1. The molecule has 1 amide bonds. The fraction of sp³-hybridized carbons (Fsp3) is 0.814. The van der Waals surface area contributed by atoms with Crippen molar-refractivity contribution in [1.29, 1.82) is 0 Å². The molecule has 55 heavy (non-hydrogen) atoms. The number of fused-ring (bicyclic) bond motifs is 4. The number of carbonyl (C=O) groups is 2. The maximum atomic E-state index is 12.9. The van der Waals surface area contributed by atoms with Crippen LogP contribution in [-0.4, -0.2) is 85.0 Å². The van der Waals surface area contributed by atoms with Crippen LogP contribution < -0.4 is 4.74 Å². The molecule has 9 rings (SSSR count). The number of aliphatic hydroxyl groups is 1. The lowest BCUT2D eigenvalue weighted by Gasteiger charge is -2.59. The summed E-state index contributed by atoms with van der Waals surface area (Å²) in [7, 11) is 1.00. The van der Waals surface area contributed by atoms with Crippen molar-refractivity contribution in [1.82, 2.24) is 4.90 Å². The van der Waals surface area contributed by atoms with Gasteiger partial charge in [0.25, 0.3) is 5.69 Å². The number of hydrogen-bond acceptors (Lipinski definition) is 10. The van der Waals surface area contributed by atoms with Crippen LogP contribution in [0, 0.1) is 67.3 Å². The minimum Gasteiger partial charge on any atom is -0.431 e. The van der Waals surface area contributed by atoms with E-state index >= 15 is 0 Å². The van der Waals surface area contributed by atoms with Crippen molar-refractivity contribution in [2.75, 3.05) is 33.4 Å². The van der Waals surface area contributed by atoms with Crippen molar-refractivity contribution >= 4 is 17.7 Å². The average molecular weight is 767 g/mol. The van der Waals surface area contributed by atoms with E-state index in [9.17, 15) is 19.7 Å². The molecule has 2 spiro atoms. The molecular formula is C43H62N2O10. The predicted molar refractivity (Wildman–Crippen MR) is 202 cm³/mol. The van der Waals surface area contributed by atoms with E-state index in [1.807, 2.05) is 4.90 Å². The number of rotatable bonds is 8. The predicted octanol–water partition coefficient (Wildman–Crippen LogP) is 7.54. The molecule has 8 aliphatic rings. The van der Waals surface area contributed by atoms with Crippen LogP contribution in [0.3, 0.4) is 0 Å². The molecule has 6 saturated carbocycles. The number of nitro groups is 1. The maximum Gasteiger partial charge on any atom is 0.513 e. The highest BCUT2D eigenvalue weighted by Gasteiger charge is 2.84. The van der Waals surface area contributed by atoms with Crippen molar-refractivity contribution in [2.24, 2.45) is 57.2 Å². The van der Waals surface area contributed by atoms with Crippen molar-refractivity contribution in [2.45, 2.75) is 129 Å². The molecular weight excluding hydrogens is 704 g/mol. The van der Waals surface area contributed by atoms with Gasteiger partial charge in [0.2, 0.25) is 5.91 Å². The Labute approximate surface area is 325 Å². The number of morpholine rings is 1. The summed E-state index contributed by atoms with van der Waals surface area (Å²) in [5.41, 5.74) is 1.01. The third-order valence-electron chi connectivity index (χ3n) is 16.8. The molecule has 304 valence electrons. The number of non-ortho nitro benzene ring substituents is 1. The Hall–Kier alpha value is -2.80. The Morgan fingerprint density at radius 3 is 2.42 bits per heavy atom. The SMILES string of the molecule is CO.C[C@@H]1C23CC[C@H](OC4CN(C(=O)CC5CC5)CCO4)C(C)(C)C2CC[C@H]2C4C[C@H]5O[C@@H](COC(=O)Oc6ccc([N+](=O)[O-])cc6)CC[C@@H]5[C@@]4(C)CC[C@]123. The number of nitrogens with zero attached hydrogens (tertiary/aromatic N) is 2. The smallest absolute Gasteiger partial charge is 0.431 e. The van der Waals surface area contributed by atoms with Crippen LogP contribution >= 0.6 is 0 Å². The second-order valence-corrected chi connectivity index (χ2v) is 19.1. The lowest BCUT2D eigenvalue weighted by atomic mass is 9.46. The summed E-state index contributed by atoms with van der Waals surface area (Å²) in [6, 6.07) is 5.40. The number of ether oxygens (including phenoxy) is 5. The van der Waals surface area contributed by atoms with E-state index in [1.54, 1.807) is 0 Å². The van der Waals surface area contributed by atoms with Crippen LogP contribution in [0.5, 0.6) is 5.75 Å². The van der Waals surface area contributed by atoms with Gasteiger partial charge in [-0.05, 0) is 140 Å². The Balaban J connectivity index is 0.00000210. The molecule has 12 atom stereocenters. The minimum absolute atomic E-state index is 0.0327. The highest BCUT2D eigenvalue weighted by atomic mass is 16.7. The molecule has 1 aromatic carbocycles. The van der Waals surface area contributed by atoms with Crippen LogP contribution in [-0.2, 0) is 23.7 Å². The van der Waals surface area contributed by atoms with Crippen LogP contribution in [0.4, 0.5) is 10.5 Å². The van der Waals surface area contributed by atoms with Crippen molar-refractivity contribution in [3.05, 3.63) is 34.4 Å². The lowest BCUT2D eigenvalue weighted by Crippen LogP contribution is -2.56. The van der Waals surface area contributed by atoms with Gasteiger partial charge in [0.1, 0.15) is 12.4 Å². The first kappa shape index (κ1) is 39.0. The second-order valence-electron chi connectivity index (χ2n) is 19.1. The van der Waals surface area contributed by atoms with E-state index in [0.29, 0.717) is 72.5 Å². The molecule has 0 bridgehead atoms. The Morgan fingerprint density at radius 2 is 1.69 bits per heavy atom. The molecule has 2 aliphatic heterocycles. The summed E-state index contributed by atoms with van der Waals surface area (Å²) >= 11 is 0. The topological polar surface area (TPSA) is 147 Å². The van der Waals surface area contributed by atoms with E-state index in [0.717, 1.165) is 32.8 Å². The molecule has 2 saturated heterocycles. The van der Waals surface area contributed by atoms with Gasteiger partial charge in [0, 0.05) is 32.2 Å². The van der Waals surface area contributed by atoms with E-state index in [1.165, 1.54) is 69.2 Å². The Bertz CT molecular complexity index is 1620. The van der Waals surface area contributed by atoms with Gasteiger partial charge >= 0.3 is 6.16 Å². The summed E-state index contributed by atoms with van der Waals surface area (Å²) < 4.78 is 30.5. The van der Waals surface area contributed by atoms with Gasteiger partial charge in [-0.15, -0.1) is 0 Å². The van der Waals surface area contributed by atoms with Gasteiger partial charge in [-0.3, -0.25) is 14.9 Å². The first-order valence-electron chi connectivity index (χ1n) is 21.1. The number of nitro benzene ring substituents is 1. The van der Waals surface area contributed by atoms with Crippen LogP contribution in [0.1, 0.15) is 105 Å². The highest BCUT2D eigenvalue weighted by molar-refractivity contribution is 5.76. The number of hydrogen-bond donors (Lipinski definition) is 1. The molecule has 4 unspecified atom stereocenters. The normalized spacial score (nSPS) is 42.1. The van der Waals surface area contributed by atoms with E-state index < -0.39 is 11.1 Å². The highest BCUT2D eigenvalue weighted by Crippen LogP contribution is 2.89. The first-order chi connectivity index (χ1) is 26.4. The van der Waals surface area contributed by atoms with Gasteiger partial charge in [-0.2, -0.15) is 0 Å². The molecule has 1 aromatic rings. The van der Waals surface area contributed by atoms with Gasteiger partial charge in [-0.1, -0.05) is 27.7 Å². The Kier molecular flexibility index (Phi) is 10.3. The fourth-order valence-corrected chi connectivity index (χ4v) is 14.1. The van der Waals surface area contributed by atoms with Gasteiger partial charge in [-0.25, -0.2) is 4.79 Å². The van der Waals surface area contributed by atoms with E-state index in [2.05, 4.69) is 27.7 Å². The van der Waals surface area contributed by atoms with Crippen LogP contribution in [0.15, 0.2) is 24.3 Å². The standard InChI is InChI=1S/C42H58N2O9.CH4O/c1-25-41-18-17-40(4)31-12-11-29(24-50-38(46)52-28-9-7-27(8-10-28)44(47)48)51-33(31)22-32(40)30(41)13-14-34-39(2,3)35(15-16-42(25,34)41)53-37-23-43(19-20-49-37)36(45)21-26-5-6-26;1-2/h7-10,25-26,29-35,37H,5-6,11-24H2,1-4H3;2H,1H3/t25-,29+,30-,31-,32?,33+,34?,35-,37?,40+,41-,42?;/m0./s1.